The number of benzene rings is 2. The van der Waals surface area contributed by atoms with Crippen molar-refractivity contribution >= 4 is 49.1 Å². The van der Waals surface area contributed by atoms with Crippen molar-refractivity contribution in [2.45, 2.75) is 76.1 Å². The number of rotatable bonds is 16. The maximum absolute atomic E-state index is 12.8. The zero-order valence-electron chi connectivity index (χ0n) is 36.8. The molecule has 20 heteroatoms. The maximum atomic E-state index is 12.8. The van der Waals surface area contributed by atoms with Crippen LogP contribution >= 0.6 is 0 Å². The fraction of sp³-hybridized carbons (Fsp3) is 0.643. The number of hydrogen-bond donors (Lipinski definition) is 4. The number of Topliss-reactive ketones (excluding diaryl/α,β-unsaturated/α-hetero) is 2. The molecular weight excluding hydrogens is 845 g/mol. The molecule has 4 aliphatic rings. The lowest BCUT2D eigenvalue weighted by Crippen LogP contribution is -2.51. The molecule has 2 aromatic carbocycles. The summed E-state index contributed by atoms with van der Waals surface area (Å²) < 4.78 is 79.4. The van der Waals surface area contributed by atoms with E-state index in [1.165, 1.54) is 6.07 Å². The molecule has 4 aliphatic heterocycles. The Hall–Kier alpha value is -4.05. The van der Waals surface area contributed by atoms with E-state index in [9.17, 15) is 31.2 Å². The van der Waals surface area contributed by atoms with E-state index >= 15 is 0 Å². The van der Waals surface area contributed by atoms with Crippen LogP contribution in [-0.2, 0) is 34.3 Å². The summed E-state index contributed by atoms with van der Waals surface area (Å²) in [5, 5.41) is 5.71. The van der Waals surface area contributed by atoms with Gasteiger partial charge in [0.15, 0.2) is 11.6 Å². The molecule has 4 heterocycles. The SMILES string of the molecule is CC(C)(C)OC(=O)NCCOCCN1CCC2(CC1)CC(=O)c1cc(NS(C)(=O)=O)ccc1O2.CNCCOCCN1CCC2(CC1)CC(=O)c1cc(NS(C)(=O)=O)ccc1O2. The van der Waals surface area contributed by atoms with Gasteiger partial charge in [0, 0.05) is 89.4 Å². The summed E-state index contributed by atoms with van der Waals surface area (Å²) in [4.78, 5) is 41.8. The van der Waals surface area contributed by atoms with Gasteiger partial charge in [-0.15, -0.1) is 0 Å². The molecule has 0 bridgehead atoms. The van der Waals surface area contributed by atoms with Crippen molar-refractivity contribution < 1.29 is 54.9 Å². The minimum Gasteiger partial charge on any atom is -0.486 e. The number of sulfonamides is 2. The molecule has 0 atom stereocenters. The van der Waals surface area contributed by atoms with E-state index in [1.54, 1.807) is 30.3 Å². The van der Waals surface area contributed by atoms with Gasteiger partial charge in [-0.05, 0) is 64.2 Å². The van der Waals surface area contributed by atoms with Crippen LogP contribution in [0, 0.1) is 0 Å². The highest BCUT2D eigenvalue weighted by Gasteiger charge is 2.44. The normalized spacial score (nSPS) is 18.7. The maximum Gasteiger partial charge on any atom is 0.407 e. The first-order chi connectivity index (χ1) is 29.1. The Morgan fingerprint density at radius 2 is 1.11 bits per heavy atom. The molecule has 62 heavy (non-hydrogen) atoms. The average molecular weight is 909 g/mol. The van der Waals surface area contributed by atoms with E-state index in [1.807, 2.05) is 27.8 Å². The highest BCUT2D eigenvalue weighted by atomic mass is 32.2. The first-order valence-corrected chi connectivity index (χ1v) is 24.8. The summed E-state index contributed by atoms with van der Waals surface area (Å²) in [7, 11) is -4.91. The molecule has 2 fully saturated rings. The van der Waals surface area contributed by atoms with Crippen LogP contribution < -0.4 is 29.6 Å². The summed E-state index contributed by atoms with van der Waals surface area (Å²) in [5.41, 5.74) is 0.0791. The van der Waals surface area contributed by atoms with Crippen molar-refractivity contribution in [3.8, 4) is 11.5 Å². The third kappa shape index (κ3) is 15.3. The number of hydrogen-bond acceptors (Lipinski definition) is 15. The number of alkyl carbamates (subject to hydrolysis) is 1. The van der Waals surface area contributed by atoms with Crippen molar-refractivity contribution in [2.75, 3.05) is 108 Å². The van der Waals surface area contributed by atoms with Crippen LogP contribution in [0.4, 0.5) is 16.2 Å². The van der Waals surface area contributed by atoms with Gasteiger partial charge in [-0.1, -0.05) is 0 Å². The fourth-order valence-electron chi connectivity index (χ4n) is 7.77. The molecule has 18 nitrogen and oxygen atoms in total. The van der Waals surface area contributed by atoms with Crippen LogP contribution in [0.2, 0.25) is 0 Å². The predicted octanol–water partition coefficient (Wildman–Crippen LogP) is 3.49. The average Bonchev–Trinajstić information content (AvgIpc) is 3.17. The van der Waals surface area contributed by atoms with Crippen LogP contribution in [0.5, 0.6) is 11.5 Å². The van der Waals surface area contributed by atoms with Gasteiger partial charge in [-0.25, -0.2) is 21.6 Å². The van der Waals surface area contributed by atoms with Gasteiger partial charge in [-0.3, -0.25) is 19.0 Å². The smallest absolute Gasteiger partial charge is 0.407 e. The van der Waals surface area contributed by atoms with E-state index in [-0.39, 0.29) is 18.0 Å². The van der Waals surface area contributed by atoms with Crippen molar-refractivity contribution in [1.82, 2.24) is 20.4 Å². The number of fused-ring (bicyclic) bond motifs is 2. The van der Waals surface area contributed by atoms with Gasteiger partial charge in [0.2, 0.25) is 20.0 Å². The van der Waals surface area contributed by atoms with Crippen LogP contribution in [0.25, 0.3) is 0 Å². The fourth-order valence-corrected chi connectivity index (χ4v) is 8.88. The molecule has 4 N–H and O–H groups in total. The number of anilines is 2. The number of amides is 1. The van der Waals surface area contributed by atoms with E-state index in [4.69, 9.17) is 23.7 Å². The summed E-state index contributed by atoms with van der Waals surface area (Å²) in [6.07, 6.45) is 5.33. The third-order valence-corrected chi connectivity index (χ3v) is 12.0. The number of likely N-dealkylation sites (tertiary alicyclic amines) is 2. The van der Waals surface area contributed by atoms with Gasteiger partial charge in [0.25, 0.3) is 0 Å². The highest BCUT2D eigenvalue weighted by molar-refractivity contribution is 7.92. The van der Waals surface area contributed by atoms with E-state index in [0.717, 1.165) is 84.0 Å². The number of likely N-dealkylation sites (N-methyl/N-ethyl adjacent to an activating group) is 1. The number of nitrogens with zero attached hydrogens (tertiary/aromatic N) is 2. The monoisotopic (exact) mass is 908 g/mol. The Morgan fingerprint density at radius 1 is 0.694 bits per heavy atom. The van der Waals surface area contributed by atoms with Crippen molar-refractivity contribution in [2.24, 2.45) is 0 Å². The number of carbonyl (C=O) groups excluding carboxylic acids is 3. The number of nitrogens with one attached hydrogen (secondary N) is 4. The van der Waals surface area contributed by atoms with Crippen molar-refractivity contribution in [3.05, 3.63) is 47.5 Å². The summed E-state index contributed by atoms with van der Waals surface area (Å²) in [6, 6.07) is 9.68. The van der Waals surface area contributed by atoms with Gasteiger partial charge < -0.3 is 44.1 Å². The lowest BCUT2D eigenvalue weighted by molar-refractivity contribution is -0.0152. The molecule has 0 unspecified atom stereocenters. The first kappa shape index (κ1) is 49.0. The molecule has 0 aliphatic carbocycles. The molecule has 6 rings (SSSR count). The second-order valence-corrected chi connectivity index (χ2v) is 20.9. The Balaban J connectivity index is 0.000000238. The van der Waals surface area contributed by atoms with Gasteiger partial charge in [0.05, 0.1) is 62.9 Å². The molecule has 0 radical (unpaired) electrons. The quantitative estimate of drug-likeness (QED) is 0.177. The van der Waals surface area contributed by atoms with E-state index in [0.29, 0.717) is 73.4 Å². The second kappa shape index (κ2) is 21.1. The van der Waals surface area contributed by atoms with Crippen LogP contribution in [-0.4, -0.2) is 159 Å². The number of ketones is 2. The van der Waals surface area contributed by atoms with E-state index < -0.39 is 42.9 Å². The molecule has 2 aromatic rings. The number of carbonyl (C=O) groups is 3. The molecule has 2 saturated heterocycles. The molecule has 346 valence electrons. The number of ether oxygens (including phenoxy) is 5. The molecule has 1 amide bonds. The lowest BCUT2D eigenvalue weighted by Gasteiger charge is -2.44. The van der Waals surface area contributed by atoms with Gasteiger partial charge in [-0.2, -0.15) is 0 Å². The Morgan fingerprint density at radius 3 is 1.50 bits per heavy atom. The van der Waals surface area contributed by atoms with Crippen LogP contribution in [0.1, 0.15) is 80.0 Å². The summed E-state index contributed by atoms with van der Waals surface area (Å²) in [5.74, 6) is 1.01. The first-order valence-electron chi connectivity index (χ1n) is 21.0. The predicted molar refractivity (Wildman–Crippen MR) is 236 cm³/mol. The van der Waals surface area contributed by atoms with E-state index in [2.05, 4.69) is 29.9 Å². The lowest BCUT2D eigenvalue weighted by atomic mass is 9.82. The minimum absolute atomic E-state index is 0.00208. The largest absolute Gasteiger partial charge is 0.486 e. The Kier molecular flexibility index (Phi) is 16.7. The van der Waals surface area contributed by atoms with Crippen LogP contribution in [0.15, 0.2) is 36.4 Å². The molecule has 0 saturated carbocycles. The second-order valence-electron chi connectivity index (χ2n) is 17.4. The minimum atomic E-state index is -3.42. The zero-order valence-corrected chi connectivity index (χ0v) is 38.4. The Labute approximate surface area is 366 Å². The molecule has 0 aromatic heterocycles. The molecular formula is C42H64N6O12S2. The number of piperidine rings is 2. The topological polar surface area (TPSA) is 220 Å². The summed E-state index contributed by atoms with van der Waals surface area (Å²) in [6.45, 7) is 14.0. The van der Waals surface area contributed by atoms with Crippen LogP contribution in [0.3, 0.4) is 0 Å². The standard InChI is InChI=1S/C23H35N3O7S.C19H29N3O5S/c1-22(2,3)33-21(28)24-9-13-31-14-12-26-10-7-23(8-11-26)16-19(27)18-15-17(25-34(4,29)30)5-6-20(18)32-23;1-20-7-11-26-12-10-22-8-5-19(6-9-22)14-17(23)16-13-15(21-28(2,24)25)3-4-18(16)27-19/h5-6,15,25H,7-14,16H2,1-4H3,(H,24,28);3-4,13,20-21H,5-12,14H2,1-2H3. The van der Waals surface area contributed by atoms with Crippen molar-refractivity contribution in [3.63, 3.8) is 0 Å². The Bertz CT molecular complexity index is 2100. The summed E-state index contributed by atoms with van der Waals surface area (Å²) >= 11 is 0. The zero-order chi connectivity index (χ0) is 45.2. The molecule has 2 spiro atoms. The van der Waals surface area contributed by atoms with Crippen molar-refractivity contribution in [1.29, 1.82) is 0 Å². The van der Waals surface area contributed by atoms with Gasteiger partial charge in [0.1, 0.15) is 28.3 Å². The third-order valence-electron chi connectivity index (χ3n) is 10.8. The van der Waals surface area contributed by atoms with Gasteiger partial charge >= 0.3 is 6.09 Å². The highest BCUT2D eigenvalue weighted by Crippen LogP contribution is 2.42.